The first-order valence-electron chi connectivity index (χ1n) is 4.85. The second kappa shape index (κ2) is 12.5. The van der Waals surface area contributed by atoms with E-state index in [1.807, 2.05) is 0 Å². The Morgan fingerprint density at radius 2 is 1.22 bits per heavy atom. The summed E-state index contributed by atoms with van der Waals surface area (Å²) in [6.45, 7) is 0.660. The Hall–Kier alpha value is -0.992. The number of rotatable bonds is 1. The van der Waals surface area contributed by atoms with Crippen molar-refractivity contribution < 1.29 is 31.2 Å². The van der Waals surface area contributed by atoms with Gasteiger partial charge in [-0.25, -0.2) is 0 Å². The Labute approximate surface area is 118 Å². The fourth-order valence-corrected chi connectivity index (χ4v) is 1.46. The Morgan fingerprint density at radius 1 is 0.944 bits per heavy atom. The van der Waals surface area contributed by atoms with Crippen molar-refractivity contribution >= 4 is 0 Å². The molecule has 110 valence electrons. The molecular weight excluding hydrogens is 431 g/mol. The van der Waals surface area contributed by atoms with Crippen LogP contribution >= 0.6 is 0 Å². The van der Waals surface area contributed by atoms with E-state index in [2.05, 4.69) is 0 Å². The predicted molar refractivity (Wildman–Crippen MR) is 59.8 cm³/mol. The molecule has 11 heteroatoms. The van der Waals surface area contributed by atoms with Gasteiger partial charge in [0.1, 0.15) is 0 Å². The number of hydrogen-bond donors (Lipinski definition) is 2. The summed E-state index contributed by atoms with van der Waals surface area (Å²) in [5, 5.41) is 29.5. The van der Waals surface area contributed by atoms with Crippen molar-refractivity contribution in [3.05, 3.63) is 30.6 Å². The summed E-state index contributed by atoms with van der Waals surface area (Å²) in [5.41, 5.74) is 11.4. The van der Waals surface area contributed by atoms with Crippen LogP contribution in [0.2, 0.25) is 0 Å². The number of nitrogens with zero attached hydrogens (tertiary/aromatic N) is 2. The minimum Gasteiger partial charge on any atom is -0.356 e. The van der Waals surface area contributed by atoms with Gasteiger partial charge in [-0.2, -0.15) is 0 Å². The molecular formula is C7H16N4O6Pt. The zero-order valence-corrected chi connectivity index (χ0v) is 11.8. The maximum absolute atomic E-state index is 8.25. The monoisotopic (exact) mass is 447 g/mol. The first-order valence-corrected chi connectivity index (χ1v) is 4.85. The first kappa shape index (κ1) is 22.2. The van der Waals surface area contributed by atoms with Crippen LogP contribution in [0, 0.1) is 30.6 Å². The van der Waals surface area contributed by atoms with Crippen LogP contribution in [-0.4, -0.2) is 22.3 Å². The molecule has 18 heavy (non-hydrogen) atoms. The van der Waals surface area contributed by atoms with Gasteiger partial charge < -0.3 is 42.1 Å². The number of hydrogen-bond acceptors (Lipinski definition) is 8. The van der Waals surface area contributed by atoms with E-state index in [0.29, 0.717) is 6.54 Å². The van der Waals surface area contributed by atoms with E-state index >= 15 is 0 Å². The molecule has 0 bridgehead atoms. The summed E-state index contributed by atoms with van der Waals surface area (Å²) in [6, 6.07) is 0. The van der Waals surface area contributed by atoms with Gasteiger partial charge in [0.25, 0.3) is 0 Å². The molecule has 0 unspecified atom stereocenters. The fourth-order valence-electron chi connectivity index (χ4n) is 1.46. The summed E-state index contributed by atoms with van der Waals surface area (Å²) in [6.07, 6.45) is 6.15. The predicted octanol–water partition coefficient (Wildman–Crippen LogP) is 0.126. The van der Waals surface area contributed by atoms with Gasteiger partial charge in [0.05, 0.1) is 10.2 Å². The van der Waals surface area contributed by atoms with Gasteiger partial charge in [0.15, 0.2) is 0 Å². The molecule has 0 saturated heterocycles. The van der Waals surface area contributed by atoms with Crippen LogP contribution < -0.4 is 11.5 Å². The minimum atomic E-state index is -1.75. The van der Waals surface area contributed by atoms with Gasteiger partial charge in [-0.15, -0.1) is 0 Å². The molecule has 0 heterocycles. The third-order valence-electron chi connectivity index (χ3n) is 2.26. The maximum Gasteiger partial charge on any atom is 2.00 e. The smallest absolute Gasteiger partial charge is 0.356 e. The Bertz CT molecular complexity index is 216. The van der Waals surface area contributed by atoms with Gasteiger partial charge in [-0.3, -0.25) is 0 Å². The van der Waals surface area contributed by atoms with Crippen molar-refractivity contribution in [3.63, 3.8) is 0 Å². The number of nitrogens with two attached hydrogens (primary N) is 2. The van der Waals surface area contributed by atoms with Crippen LogP contribution in [0.25, 0.3) is 0 Å². The van der Waals surface area contributed by atoms with Crippen molar-refractivity contribution in [2.45, 2.75) is 37.6 Å². The molecule has 1 aliphatic rings. The van der Waals surface area contributed by atoms with E-state index in [9.17, 15) is 0 Å². The van der Waals surface area contributed by atoms with Gasteiger partial charge in [-0.1, -0.05) is 19.3 Å². The van der Waals surface area contributed by atoms with E-state index in [4.69, 9.17) is 42.1 Å². The zero-order valence-electron chi connectivity index (χ0n) is 9.56. The molecule has 0 aliphatic heterocycles. The Kier molecular flexibility index (Phi) is 15.4. The topological polar surface area (TPSA) is 184 Å². The molecule has 1 saturated carbocycles. The van der Waals surface area contributed by atoms with Gasteiger partial charge in [0, 0.05) is 12.1 Å². The average Bonchev–Trinajstić information content (AvgIpc) is 2.17. The van der Waals surface area contributed by atoms with Crippen LogP contribution in [0.3, 0.4) is 0 Å². The normalized spacial score (nSPS) is 15.7. The SMILES string of the molecule is NCC1(N)CCCCC1.O=[N+]([O-])[O-].O=[N+]([O-])[O-].[Pt+2]. The maximum atomic E-state index is 8.25. The second-order valence-electron chi connectivity index (χ2n) is 3.57. The Balaban J connectivity index is -0.000000214. The van der Waals surface area contributed by atoms with Crippen molar-refractivity contribution in [1.29, 1.82) is 0 Å². The summed E-state index contributed by atoms with van der Waals surface area (Å²) < 4.78 is 0. The standard InChI is InChI=1S/C7H16N2.2NO3.Pt/c8-6-7(9)4-2-1-3-5-7;2*2-1(3)4;/h1-6,8-9H2;;;/q;2*-1;+2. The molecule has 4 N–H and O–H groups in total. The van der Waals surface area contributed by atoms with Crippen LogP contribution in [0.1, 0.15) is 32.1 Å². The summed E-state index contributed by atoms with van der Waals surface area (Å²) in [7, 11) is 0. The van der Waals surface area contributed by atoms with E-state index in [-0.39, 0.29) is 26.6 Å². The third-order valence-corrected chi connectivity index (χ3v) is 2.26. The van der Waals surface area contributed by atoms with Gasteiger partial charge in [-0.05, 0) is 12.8 Å². The average molecular weight is 447 g/mol. The van der Waals surface area contributed by atoms with Crippen LogP contribution in [0.4, 0.5) is 0 Å². The molecule has 0 radical (unpaired) electrons. The fraction of sp³-hybridized carbons (Fsp3) is 1.00. The van der Waals surface area contributed by atoms with E-state index in [0.717, 1.165) is 12.8 Å². The largest absolute Gasteiger partial charge is 2.00 e. The second-order valence-corrected chi connectivity index (χ2v) is 3.57. The molecule has 10 nitrogen and oxygen atoms in total. The molecule has 1 fully saturated rings. The van der Waals surface area contributed by atoms with Gasteiger partial charge >= 0.3 is 21.1 Å². The summed E-state index contributed by atoms with van der Waals surface area (Å²) >= 11 is 0. The Morgan fingerprint density at radius 3 is 1.39 bits per heavy atom. The van der Waals surface area contributed by atoms with Crippen molar-refractivity contribution in [2.75, 3.05) is 6.54 Å². The van der Waals surface area contributed by atoms with Crippen molar-refractivity contribution in [3.8, 4) is 0 Å². The third kappa shape index (κ3) is 20.4. The molecule has 1 rings (SSSR count). The van der Waals surface area contributed by atoms with E-state index < -0.39 is 10.2 Å². The molecule has 0 amide bonds. The molecule has 0 aromatic heterocycles. The zero-order chi connectivity index (χ0) is 13.9. The quantitative estimate of drug-likeness (QED) is 0.419. The van der Waals surface area contributed by atoms with Crippen LogP contribution in [0.5, 0.6) is 0 Å². The van der Waals surface area contributed by atoms with E-state index in [1.165, 1.54) is 19.3 Å². The minimum absolute atomic E-state index is 0. The van der Waals surface area contributed by atoms with Crippen LogP contribution in [0.15, 0.2) is 0 Å². The molecule has 0 spiro atoms. The summed E-state index contributed by atoms with van der Waals surface area (Å²) in [4.78, 5) is 16.5. The first-order chi connectivity index (χ1) is 7.73. The van der Waals surface area contributed by atoms with E-state index in [1.54, 1.807) is 0 Å². The molecule has 0 aromatic carbocycles. The molecule has 0 atom stereocenters. The summed E-state index contributed by atoms with van der Waals surface area (Å²) in [5.74, 6) is 0. The van der Waals surface area contributed by atoms with Gasteiger partial charge in [0.2, 0.25) is 0 Å². The van der Waals surface area contributed by atoms with Crippen molar-refractivity contribution in [2.24, 2.45) is 11.5 Å². The van der Waals surface area contributed by atoms with Crippen LogP contribution in [-0.2, 0) is 21.1 Å². The molecule has 0 aromatic rings. The van der Waals surface area contributed by atoms with Crippen molar-refractivity contribution in [1.82, 2.24) is 0 Å². The molecule has 1 aliphatic carbocycles.